The molecule has 4 nitrogen and oxygen atoms in total. The second kappa shape index (κ2) is 5.32. The van der Waals surface area contributed by atoms with Gasteiger partial charge in [-0.3, -0.25) is 5.32 Å². The molecule has 0 unspecified atom stereocenters. The third-order valence-corrected chi connectivity index (χ3v) is 2.14. The molecule has 0 aliphatic carbocycles. The molecular formula is C12H9ClN2O2. The molecule has 0 saturated carbocycles. The standard InChI is InChI=1S/C12H9ClN2O2/c13-11-8-10(6-7-14-11)17-12(16)15-9-4-2-1-3-5-9/h1-8H,(H,15,16). The van der Waals surface area contributed by atoms with Gasteiger partial charge in [-0.2, -0.15) is 0 Å². The van der Waals surface area contributed by atoms with E-state index in [1.54, 1.807) is 18.2 Å². The molecule has 1 aromatic carbocycles. The third kappa shape index (κ3) is 3.46. The second-order valence-electron chi connectivity index (χ2n) is 3.19. The number of anilines is 1. The van der Waals surface area contributed by atoms with Gasteiger partial charge in [0.2, 0.25) is 0 Å². The highest BCUT2D eigenvalue weighted by molar-refractivity contribution is 6.29. The first-order chi connectivity index (χ1) is 8.24. The average molecular weight is 249 g/mol. The number of amides is 1. The molecule has 0 atom stereocenters. The number of nitrogens with one attached hydrogen (secondary N) is 1. The van der Waals surface area contributed by atoms with E-state index in [9.17, 15) is 4.79 Å². The summed E-state index contributed by atoms with van der Waals surface area (Å²) in [5, 5.41) is 2.86. The van der Waals surface area contributed by atoms with Gasteiger partial charge in [0.05, 0.1) is 0 Å². The Hall–Kier alpha value is -2.07. The van der Waals surface area contributed by atoms with Crippen molar-refractivity contribution >= 4 is 23.4 Å². The fraction of sp³-hybridized carbons (Fsp3) is 0. The maximum absolute atomic E-state index is 11.5. The van der Waals surface area contributed by atoms with Crippen molar-refractivity contribution < 1.29 is 9.53 Å². The van der Waals surface area contributed by atoms with Gasteiger partial charge in [-0.05, 0) is 18.2 Å². The zero-order valence-corrected chi connectivity index (χ0v) is 9.52. The lowest BCUT2D eigenvalue weighted by molar-refractivity contribution is 0.215. The number of nitrogens with zero attached hydrogens (tertiary/aromatic N) is 1. The maximum atomic E-state index is 11.5. The van der Waals surface area contributed by atoms with Gasteiger partial charge >= 0.3 is 6.09 Å². The highest BCUT2D eigenvalue weighted by atomic mass is 35.5. The van der Waals surface area contributed by atoms with Gasteiger partial charge in [-0.1, -0.05) is 29.8 Å². The molecule has 1 heterocycles. The van der Waals surface area contributed by atoms with E-state index in [0.717, 1.165) is 0 Å². The monoisotopic (exact) mass is 248 g/mol. The molecule has 17 heavy (non-hydrogen) atoms. The largest absolute Gasteiger partial charge is 0.417 e. The highest BCUT2D eigenvalue weighted by Crippen LogP contribution is 2.15. The van der Waals surface area contributed by atoms with Crippen LogP contribution < -0.4 is 10.1 Å². The van der Waals surface area contributed by atoms with Crippen molar-refractivity contribution in [2.24, 2.45) is 0 Å². The summed E-state index contributed by atoms with van der Waals surface area (Å²) in [6, 6.07) is 12.0. The lowest BCUT2D eigenvalue weighted by Gasteiger charge is -2.06. The molecule has 0 bridgehead atoms. The maximum Gasteiger partial charge on any atom is 0.417 e. The Morgan fingerprint density at radius 2 is 2.00 bits per heavy atom. The SMILES string of the molecule is O=C(Nc1ccccc1)Oc1ccnc(Cl)c1. The molecular weight excluding hydrogens is 240 g/mol. The van der Waals surface area contributed by atoms with Crippen LogP contribution in [0, 0.1) is 0 Å². The zero-order valence-electron chi connectivity index (χ0n) is 8.76. The number of para-hydroxylation sites is 1. The molecule has 0 radical (unpaired) electrons. The van der Waals surface area contributed by atoms with Crippen molar-refractivity contribution in [3.05, 3.63) is 53.8 Å². The molecule has 2 rings (SSSR count). The number of hydrogen-bond donors (Lipinski definition) is 1. The summed E-state index contributed by atoms with van der Waals surface area (Å²) in [4.78, 5) is 15.3. The molecule has 0 fully saturated rings. The van der Waals surface area contributed by atoms with Crippen molar-refractivity contribution in [1.82, 2.24) is 4.98 Å². The predicted octanol–water partition coefficient (Wildman–Crippen LogP) is 3.35. The number of carbonyl (C=O) groups is 1. The second-order valence-corrected chi connectivity index (χ2v) is 3.58. The van der Waals surface area contributed by atoms with E-state index in [-0.39, 0.29) is 5.15 Å². The molecule has 1 aromatic heterocycles. The van der Waals surface area contributed by atoms with Gasteiger partial charge in [-0.15, -0.1) is 0 Å². The minimum atomic E-state index is -0.571. The number of hydrogen-bond acceptors (Lipinski definition) is 3. The molecule has 86 valence electrons. The number of rotatable bonds is 2. The van der Waals surface area contributed by atoms with Crippen molar-refractivity contribution in [3.8, 4) is 5.75 Å². The molecule has 1 N–H and O–H groups in total. The number of benzene rings is 1. The first-order valence-electron chi connectivity index (χ1n) is 4.89. The summed E-state index contributed by atoms with van der Waals surface area (Å²) in [6.45, 7) is 0. The van der Waals surface area contributed by atoms with Gasteiger partial charge < -0.3 is 4.74 Å². The lowest BCUT2D eigenvalue weighted by atomic mass is 10.3. The van der Waals surface area contributed by atoms with Gasteiger partial charge in [0, 0.05) is 18.0 Å². The number of aromatic nitrogens is 1. The average Bonchev–Trinajstić information content (AvgIpc) is 2.30. The number of ether oxygens (including phenoxy) is 1. The zero-order chi connectivity index (χ0) is 12.1. The normalized spacial score (nSPS) is 9.71. The summed E-state index contributed by atoms with van der Waals surface area (Å²) in [5.74, 6) is 0.346. The molecule has 0 spiro atoms. The van der Waals surface area contributed by atoms with Crippen molar-refractivity contribution in [1.29, 1.82) is 0 Å². The minimum absolute atomic E-state index is 0.273. The van der Waals surface area contributed by atoms with Crippen LogP contribution >= 0.6 is 11.6 Å². The minimum Gasteiger partial charge on any atom is -0.410 e. The van der Waals surface area contributed by atoms with Crippen molar-refractivity contribution in [2.75, 3.05) is 5.32 Å². The van der Waals surface area contributed by atoms with E-state index >= 15 is 0 Å². The van der Waals surface area contributed by atoms with Crippen LogP contribution in [0.1, 0.15) is 0 Å². The quantitative estimate of drug-likeness (QED) is 0.830. The number of pyridine rings is 1. The van der Waals surface area contributed by atoms with Crippen molar-refractivity contribution in [3.63, 3.8) is 0 Å². The third-order valence-electron chi connectivity index (χ3n) is 1.93. The Labute approximate surface area is 103 Å². The van der Waals surface area contributed by atoms with Gasteiger partial charge in [0.25, 0.3) is 0 Å². The van der Waals surface area contributed by atoms with Crippen LogP contribution in [0.3, 0.4) is 0 Å². The predicted molar refractivity (Wildman–Crippen MR) is 65.3 cm³/mol. The number of carbonyl (C=O) groups excluding carboxylic acids is 1. The summed E-state index contributed by atoms with van der Waals surface area (Å²) >= 11 is 5.67. The topological polar surface area (TPSA) is 51.2 Å². The Morgan fingerprint density at radius 3 is 2.71 bits per heavy atom. The van der Waals surface area contributed by atoms with E-state index < -0.39 is 6.09 Å². The molecule has 1 amide bonds. The molecule has 0 aliphatic rings. The van der Waals surface area contributed by atoms with Crippen LogP contribution in [-0.2, 0) is 0 Å². The van der Waals surface area contributed by atoms with Crippen LogP contribution in [0.4, 0.5) is 10.5 Å². The van der Waals surface area contributed by atoms with E-state index in [1.165, 1.54) is 12.3 Å². The summed E-state index contributed by atoms with van der Waals surface area (Å²) in [5.41, 5.74) is 0.664. The van der Waals surface area contributed by atoms with Crippen LogP contribution in [0.15, 0.2) is 48.7 Å². The first kappa shape index (κ1) is 11.4. The smallest absolute Gasteiger partial charge is 0.410 e. The Balaban J connectivity index is 1.98. The van der Waals surface area contributed by atoms with Gasteiger partial charge in [0.1, 0.15) is 10.9 Å². The molecule has 2 aromatic rings. The van der Waals surface area contributed by atoms with Gasteiger partial charge in [-0.25, -0.2) is 9.78 Å². The van der Waals surface area contributed by atoms with Gasteiger partial charge in [0.15, 0.2) is 0 Å². The Morgan fingerprint density at radius 1 is 1.24 bits per heavy atom. The van der Waals surface area contributed by atoms with Crippen molar-refractivity contribution in [2.45, 2.75) is 0 Å². The fourth-order valence-electron chi connectivity index (χ4n) is 1.22. The van der Waals surface area contributed by atoms with Crippen LogP contribution in [-0.4, -0.2) is 11.1 Å². The molecule has 0 saturated heterocycles. The molecule has 0 aliphatic heterocycles. The van der Waals surface area contributed by atoms with Crippen LogP contribution in [0.2, 0.25) is 5.15 Å². The van der Waals surface area contributed by atoms with Crippen LogP contribution in [0.5, 0.6) is 5.75 Å². The van der Waals surface area contributed by atoms with E-state index in [1.807, 2.05) is 18.2 Å². The van der Waals surface area contributed by atoms with Crippen LogP contribution in [0.25, 0.3) is 0 Å². The Bertz CT molecular complexity index is 517. The summed E-state index contributed by atoms with van der Waals surface area (Å²) < 4.78 is 5.02. The Kier molecular flexibility index (Phi) is 3.57. The summed E-state index contributed by atoms with van der Waals surface area (Å²) in [6.07, 6.45) is 0.895. The highest BCUT2D eigenvalue weighted by Gasteiger charge is 2.05. The first-order valence-corrected chi connectivity index (χ1v) is 5.27. The number of halogens is 1. The summed E-state index contributed by atoms with van der Waals surface area (Å²) in [7, 11) is 0. The fourth-order valence-corrected chi connectivity index (χ4v) is 1.38. The van der Waals surface area contributed by atoms with E-state index in [4.69, 9.17) is 16.3 Å². The van der Waals surface area contributed by atoms with E-state index in [2.05, 4.69) is 10.3 Å². The van der Waals surface area contributed by atoms with E-state index in [0.29, 0.717) is 11.4 Å². The molecule has 5 heteroatoms. The lowest BCUT2D eigenvalue weighted by Crippen LogP contribution is -2.16.